The fourth-order valence-corrected chi connectivity index (χ4v) is 2.34. The van der Waals surface area contributed by atoms with Crippen molar-refractivity contribution in [3.8, 4) is 0 Å². The molecule has 20 heavy (non-hydrogen) atoms. The van der Waals surface area contributed by atoms with Crippen LogP contribution < -0.4 is 0 Å². The molecule has 108 valence electrons. The lowest BCUT2D eigenvalue weighted by atomic mass is 10.0. The van der Waals surface area contributed by atoms with Crippen LogP contribution in [0.2, 0.25) is 0 Å². The summed E-state index contributed by atoms with van der Waals surface area (Å²) in [4.78, 5) is 11.8. The number of carbonyl (C=O) groups is 1. The summed E-state index contributed by atoms with van der Waals surface area (Å²) in [6, 6.07) is 3.92. The van der Waals surface area contributed by atoms with Gasteiger partial charge in [0.05, 0.1) is 12.5 Å². The fourth-order valence-electron chi connectivity index (χ4n) is 2.34. The minimum absolute atomic E-state index is 0.332. The van der Waals surface area contributed by atoms with Gasteiger partial charge < -0.3 is 8.83 Å². The van der Waals surface area contributed by atoms with Gasteiger partial charge >= 0.3 is 0 Å². The highest BCUT2D eigenvalue weighted by Crippen LogP contribution is 2.15. The zero-order valence-corrected chi connectivity index (χ0v) is 12.3. The molecule has 3 heteroatoms. The lowest BCUT2D eigenvalue weighted by Crippen LogP contribution is -2.00. The van der Waals surface area contributed by atoms with E-state index in [9.17, 15) is 4.79 Å². The van der Waals surface area contributed by atoms with Gasteiger partial charge in [-0.05, 0) is 49.9 Å². The molecule has 2 heterocycles. The van der Waals surface area contributed by atoms with E-state index in [-0.39, 0.29) is 0 Å². The van der Waals surface area contributed by atoms with Crippen LogP contribution in [0.15, 0.2) is 33.5 Å². The summed E-state index contributed by atoms with van der Waals surface area (Å²) < 4.78 is 10.7. The van der Waals surface area contributed by atoms with Gasteiger partial charge in [0.15, 0.2) is 0 Å². The summed E-state index contributed by atoms with van der Waals surface area (Å²) in [7, 11) is 0. The first kappa shape index (κ1) is 14.6. The fraction of sp³-hybridized carbons (Fsp3) is 0.471. The second-order valence-electron chi connectivity index (χ2n) is 5.30. The molecule has 0 saturated carbocycles. The van der Waals surface area contributed by atoms with Crippen molar-refractivity contribution in [3.05, 3.63) is 47.3 Å². The van der Waals surface area contributed by atoms with E-state index in [0.29, 0.717) is 18.6 Å². The molecule has 0 amide bonds. The summed E-state index contributed by atoms with van der Waals surface area (Å²) in [6.45, 7) is 4.07. The molecule has 0 aliphatic carbocycles. The summed E-state index contributed by atoms with van der Waals surface area (Å²) in [6.07, 6.45) is 8.12. The number of hydrogen-bond acceptors (Lipinski definition) is 3. The third-order valence-electron chi connectivity index (χ3n) is 3.66. The highest BCUT2D eigenvalue weighted by Gasteiger charge is 2.07. The van der Waals surface area contributed by atoms with Crippen LogP contribution in [-0.4, -0.2) is 5.78 Å². The second kappa shape index (κ2) is 7.13. The van der Waals surface area contributed by atoms with Crippen LogP contribution in [0.3, 0.4) is 0 Å². The Morgan fingerprint density at radius 2 is 1.35 bits per heavy atom. The van der Waals surface area contributed by atoms with Crippen molar-refractivity contribution in [3.63, 3.8) is 0 Å². The first-order valence-electron chi connectivity index (χ1n) is 7.24. The Morgan fingerprint density at radius 3 is 1.70 bits per heavy atom. The number of Topliss-reactive ketones (excluding diaryl/α,β-unsaturated/α-hetero) is 1. The van der Waals surface area contributed by atoms with Crippen LogP contribution in [-0.2, 0) is 17.6 Å². The van der Waals surface area contributed by atoms with E-state index in [1.165, 1.54) is 11.1 Å². The Bertz CT molecular complexity index is 500. The second-order valence-corrected chi connectivity index (χ2v) is 5.30. The Balaban J connectivity index is 1.61. The maximum absolute atomic E-state index is 11.8. The molecule has 0 spiro atoms. The third-order valence-corrected chi connectivity index (χ3v) is 3.66. The highest BCUT2D eigenvalue weighted by atomic mass is 16.3. The van der Waals surface area contributed by atoms with E-state index in [4.69, 9.17) is 8.83 Å². The van der Waals surface area contributed by atoms with E-state index < -0.39 is 0 Å². The molecule has 0 aliphatic rings. The molecule has 0 N–H and O–H groups in total. The zero-order chi connectivity index (χ0) is 14.4. The average molecular weight is 274 g/mol. The number of rotatable bonds is 8. The topological polar surface area (TPSA) is 43.4 Å². The third kappa shape index (κ3) is 4.12. The first-order valence-corrected chi connectivity index (χ1v) is 7.24. The Morgan fingerprint density at radius 1 is 0.900 bits per heavy atom. The van der Waals surface area contributed by atoms with Crippen molar-refractivity contribution in [2.24, 2.45) is 0 Å². The van der Waals surface area contributed by atoms with Crippen LogP contribution in [0, 0.1) is 13.8 Å². The molecule has 0 bridgehead atoms. The number of carbonyl (C=O) groups excluding carboxylic acids is 1. The molecule has 2 aromatic heterocycles. The number of furan rings is 2. The number of hydrogen-bond donors (Lipinski definition) is 0. The molecule has 0 saturated heterocycles. The normalized spacial score (nSPS) is 10.9. The monoisotopic (exact) mass is 274 g/mol. The molecule has 0 aliphatic heterocycles. The van der Waals surface area contributed by atoms with Crippen molar-refractivity contribution >= 4 is 5.78 Å². The van der Waals surface area contributed by atoms with Gasteiger partial charge in [-0.1, -0.05) is 0 Å². The van der Waals surface area contributed by atoms with Gasteiger partial charge in [-0.2, -0.15) is 0 Å². The molecule has 0 unspecified atom stereocenters. The molecule has 0 aromatic carbocycles. The highest BCUT2D eigenvalue weighted by molar-refractivity contribution is 5.78. The van der Waals surface area contributed by atoms with E-state index in [1.807, 2.05) is 26.0 Å². The first-order chi connectivity index (χ1) is 9.66. The number of aryl methyl sites for hydroxylation is 4. The predicted octanol–water partition coefficient (Wildman–Crippen LogP) is 4.40. The Labute approximate surface area is 120 Å². The van der Waals surface area contributed by atoms with Gasteiger partial charge in [0.2, 0.25) is 0 Å². The van der Waals surface area contributed by atoms with Gasteiger partial charge in [-0.3, -0.25) is 4.79 Å². The zero-order valence-electron chi connectivity index (χ0n) is 12.3. The van der Waals surface area contributed by atoms with Crippen LogP contribution in [0.4, 0.5) is 0 Å². The van der Waals surface area contributed by atoms with Crippen LogP contribution in [0.25, 0.3) is 0 Å². The van der Waals surface area contributed by atoms with Crippen molar-refractivity contribution in [2.75, 3.05) is 0 Å². The molecule has 0 fully saturated rings. The quantitative estimate of drug-likeness (QED) is 0.716. The van der Waals surface area contributed by atoms with Gasteiger partial charge in [-0.15, -0.1) is 0 Å². The lowest BCUT2D eigenvalue weighted by Gasteiger charge is -2.01. The number of ketones is 1. The summed E-state index contributed by atoms with van der Waals surface area (Å²) in [5.74, 6) is 2.34. The molecular weight excluding hydrogens is 252 g/mol. The molecule has 3 nitrogen and oxygen atoms in total. The predicted molar refractivity (Wildman–Crippen MR) is 77.8 cm³/mol. The molecular formula is C17H22O3. The van der Waals surface area contributed by atoms with Crippen molar-refractivity contribution in [2.45, 2.75) is 52.4 Å². The molecule has 0 radical (unpaired) electrons. The van der Waals surface area contributed by atoms with Crippen molar-refractivity contribution in [1.29, 1.82) is 0 Å². The van der Waals surface area contributed by atoms with Crippen LogP contribution in [0.5, 0.6) is 0 Å². The molecule has 2 rings (SSSR count). The van der Waals surface area contributed by atoms with Gasteiger partial charge in [0.1, 0.15) is 17.3 Å². The largest absolute Gasteiger partial charge is 0.469 e. The summed E-state index contributed by atoms with van der Waals surface area (Å²) >= 11 is 0. The summed E-state index contributed by atoms with van der Waals surface area (Å²) in [5.41, 5.74) is 2.34. The van der Waals surface area contributed by atoms with Gasteiger partial charge in [-0.25, -0.2) is 0 Å². The average Bonchev–Trinajstić information content (AvgIpc) is 3.00. The van der Waals surface area contributed by atoms with Crippen molar-refractivity contribution in [1.82, 2.24) is 0 Å². The molecule has 0 atom stereocenters. The van der Waals surface area contributed by atoms with Gasteiger partial charge in [0.25, 0.3) is 0 Å². The lowest BCUT2D eigenvalue weighted by molar-refractivity contribution is -0.119. The van der Waals surface area contributed by atoms with Crippen LogP contribution in [0.1, 0.15) is 48.3 Å². The molecule has 2 aromatic rings. The van der Waals surface area contributed by atoms with Crippen molar-refractivity contribution < 1.29 is 13.6 Å². The van der Waals surface area contributed by atoms with Gasteiger partial charge in [0, 0.05) is 25.7 Å². The van der Waals surface area contributed by atoms with E-state index in [0.717, 1.165) is 37.2 Å². The minimum Gasteiger partial charge on any atom is -0.469 e. The maximum atomic E-state index is 11.8. The van der Waals surface area contributed by atoms with Crippen LogP contribution >= 0.6 is 0 Å². The maximum Gasteiger partial charge on any atom is 0.132 e. The minimum atomic E-state index is 0.332. The van der Waals surface area contributed by atoms with E-state index >= 15 is 0 Å². The van der Waals surface area contributed by atoms with E-state index in [2.05, 4.69) is 0 Å². The SMILES string of the molecule is Cc1ccoc1CCCC(=O)CCCc1occc1C. The Hall–Kier alpha value is -1.77. The smallest absolute Gasteiger partial charge is 0.132 e. The Kier molecular flexibility index (Phi) is 5.22. The van der Waals surface area contributed by atoms with E-state index in [1.54, 1.807) is 12.5 Å². The summed E-state index contributed by atoms with van der Waals surface area (Å²) in [5, 5.41) is 0. The standard InChI is InChI=1S/C17H22O3/c1-13-9-11-19-16(13)7-3-5-15(18)6-4-8-17-14(2)10-12-20-17/h9-12H,3-8H2,1-2H3.